The molecule has 2 heterocycles. The number of benzene rings is 1. The molecular formula is C23H29N3O2. The molecule has 1 aromatic carbocycles. The predicted molar refractivity (Wildman–Crippen MR) is 111 cm³/mol. The molecule has 0 saturated carbocycles. The van der Waals surface area contributed by atoms with E-state index < -0.39 is 0 Å². The van der Waals surface area contributed by atoms with Crippen LogP contribution >= 0.6 is 0 Å². The largest absolute Gasteiger partial charge is 0.496 e. The summed E-state index contributed by atoms with van der Waals surface area (Å²) < 4.78 is 10.9. The molecule has 2 aromatic heterocycles. The van der Waals surface area contributed by atoms with Crippen molar-refractivity contribution in [2.24, 2.45) is 0 Å². The first-order valence-electron chi connectivity index (χ1n) is 9.65. The maximum atomic E-state index is 5.59. The van der Waals surface area contributed by atoms with E-state index in [2.05, 4.69) is 53.3 Å². The van der Waals surface area contributed by atoms with E-state index in [0.717, 1.165) is 53.4 Å². The number of rotatable bonds is 8. The second-order valence-corrected chi connectivity index (χ2v) is 7.42. The van der Waals surface area contributed by atoms with Gasteiger partial charge >= 0.3 is 0 Å². The molecule has 1 atom stereocenters. The second-order valence-electron chi connectivity index (χ2n) is 7.42. The van der Waals surface area contributed by atoms with Crippen LogP contribution in [0.15, 0.2) is 47.1 Å². The molecule has 5 heteroatoms. The molecule has 3 rings (SSSR count). The standard InChI is InChI=1S/C23H29N3O2/c1-16(12-21-8-6-7-11-24-21)26(4)15-19-9-10-23(27-5)20(13-19)14-22-17(2)25-28-18(22)3/h6-11,13,16H,12,14-15H2,1-5H3. The molecule has 0 N–H and O–H groups in total. The number of ether oxygens (including phenoxy) is 1. The van der Waals surface area contributed by atoms with E-state index in [0.29, 0.717) is 6.04 Å². The minimum atomic E-state index is 0.392. The Morgan fingerprint density at radius 2 is 2.00 bits per heavy atom. The Morgan fingerprint density at radius 3 is 2.64 bits per heavy atom. The van der Waals surface area contributed by atoms with Crippen LogP contribution in [0.4, 0.5) is 0 Å². The van der Waals surface area contributed by atoms with Crippen molar-refractivity contribution >= 4 is 0 Å². The van der Waals surface area contributed by atoms with E-state index in [4.69, 9.17) is 9.26 Å². The van der Waals surface area contributed by atoms with Crippen molar-refractivity contribution in [3.8, 4) is 5.75 Å². The fourth-order valence-corrected chi connectivity index (χ4v) is 3.43. The summed E-state index contributed by atoms with van der Waals surface area (Å²) in [6, 6.07) is 12.9. The number of hydrogen-bond donors (Lipinski definition) is 0. The zero-order chi connectivity index (χ0) is 20.1. The molecule has 148 valence electrons. The molecule has 28 heavy (non-hydrogen) atoms. The molecule has 0 fully saturated rings. The van der Waals surface area contributed by atoms with Gasteiger partial charge < -0.3 is 9.26 Å². The monoisotopic (exact) mass is 379 g/mol. The average Bonchev–Trinajstić information content (AvgIpc) is 3.01. The summed E-state index contributed by atoms with van der Waals surface area (Å²) in [6.45, 7) is 7.05. The normalized spacial score (nSPS) is 12.4. The lowest BCUT2D eigenvalue weighted by atomic mass is 10.00. The van der Waals surface area contributed by atoms with Gasteiger partial charge in [-0.3, -0.25) is 9.88 Å². The highest BCUT2D eigenvalue weighted by Crippen LogP contribution is 2.26. The van der Waals surface area contributed by atoms with Gasteiger partial charge in [-0.25, -0.2) is 0 Å². The molecule has 0 amide bonds. The van der Waals surface area contributed by atoms with E-state index >= 15 is 0 Å². The van der Waals surface area contributed by atoms with Crippen LogP contribution in [0, 0.1) is 13.8 Å². The van der Waals surface area contributed by atoms with Crippen molar-refractivity contribution in [3.05, 3.63) is 76.4 Å². The number of likely N-dealkylation sites (N-methyl/N-ethyl adjacent to an activating group) is 1. The lowest BCUT2D eigenvalue weighted by Crippen LogP contribution is -2.30. The summed E-state index contributed by atoms with van der Waals surface area (Å²) in [4.78, 5) is 6.80. The van der Waals surface area contributed by atoms with Crippen LogP contribution < -0.4 is 4.74 Å². The van der Waals surface area contributed by atoms with Crippen LogP contribution in [0.5, 0.6) is 5.75 Å². The summed E-state index contributed by atoms with van der Waals surface area (Å²) in [7, 11) is 3.87. The summed E-state index contributed by atoms with van der Waals surface area (Å²) in [6.07, 6.45) is 3.54. The van der Waals surface area contributed by atoms with Crippen LogP contribution in [0.3, 0.4) is 0 Å². The lowest BCUT2D eigenvalue weighted by molar-refractivity contribution is 0.246. The topological polar surface area (TPSA) is 51.4 Å². The van der Waals surface area contributed by atoms with Gasteiger partial charge in [0.25, 0.3) is 0 Å². The minimum Gasteiger partial charge on any atom is -0.496 e. The number of pyridine rings is 1. The highest BCUT2D eigenvalue weighted by Gasteiger charge is 2.15. The number of hydrogen-bond acceptors (Lipinski definition) is 5. The van der Waals surface area contributed by atoms with Crippen LogP contribution in [-0.2, 0) is 19.4 Å². The predicted octanol–water partition coefficient (Wildman–Crippen LogP) is 4.35. The maximum Gasteiger partial charge on any atom is 0.137 e. The average molecular weight is 380 g/mol. The lowest BCUT2D eigenvalue weighted by Gasteiger charge is -2.25. The number of methoxy groups -OCH3 is 1. The Balaban J connectivity index is 1.73. The summed E-state index contributed by atoms with van der Waals surface area (Å²) >= 11 is 0. The summed E-state index contributed by atoms with van der Waals surface area (Å²) in [5.41, 5.74) is 5.60. The van der Waals surface area contributed by atoms with Crippen molar-refractivity contribution in [3.63, 3.8) is 0 Å². The highest BCUT2D eigenvalue weighted by molar-refractivity contribution is 5.41. The number of aryl methyl sites for hydroxylation is 2. The highest BCUT2D eigenvalue weighted by atomic mass is 16.5. The van der Waals surface area contributed by atoms with E-state index in [1.165, 1.54) is 5.56 Å². The van der Waals surface area contributed by atoms with Crippen molar-refractivity contribution in [1.82, 2.24) is 15.0 Å². The molecule has 0 radical (unpaired) electrons. The Hall–Kier alpha value is -2.66. The van der Waals surface area contributed by atoms with Gasteiger partial charge in [0, 0.05) is 42.9 Å². The van der Waals surface area contributed by atoms with Crippen LogP contribution in [0.25, 0.3) is 0 Å². The molecule has 0 aliphatic carbocycles. The second kappa shape index (κ2) is 9.02. The van der Waals surface area contributed by atoms with E-state index in [9.17, 15) is 0 Å². The van der Waals surface area contributed by atoms with Crippen molar-refractivity contribution in [2.75, 3.05) is 14.2 Å². The van der Waals surface area contributed by atoms with Crippen LogP contribution in [-0.4, -0.2) is 35.2 Å². The smallest absolute Gasteiger partial charge is 0.137 e. The summed E-state index contributed by atoms with van der Waals surface area (Å²) in [5, 5.41) is 4.07. The molecule has 0 aliphatic heterocycles. The maximum absolute atomic E-state index is 5.59. The van der Waals surface area contributed by atoms with Gasteiger partial charge in [0.05, 0.1) is 12.8 Å². The van der Waals surface area contributed by atoms with E-state index in [1.54, 1.807) is 7.11 Å². The fourth-order valence-electron chi connectivity index (χ4n) is 3.43. The molecule has 0 bridgehead atoms. The van der Waals surface area contributed by atoms with Crippen LogP contribution in [0.1, 0.15) is 40.8 Å². The molecule has 1 unspecified atom stereocenters. The quantitative estimate of drug-likeness (QED) is 0.582. The molecule has 0 saturated heterocycles. The van der Waals surface area contributed by atoms with Gasteiger partial charge in [-0.1, -0.05) is 23.4 Å². The van der Waals surface area contributed by atoms with Gasteiger partial charge in [0.15, 0.2) is 0 Å². The Labute approximate surface area is 167 Å². The fraction of sp³-hybridized carbons (Fsp3) is 0.391. The van der Waals surface area contributed by atoms with E-state index in [1.807, 2.05) is 32.2 Å². The molecule has 5 nitrogen and oxygen atoms in total. The van der Waals surface area contributed by atoms with Gasteiger partial charge in [-0.15, -0.1) is 0 Å². The zero-order valence-corrected chi connectivity index (χ0v) is 17.4. The first kappa shape index (κ1) is 20.1. The van der Waals surface area contributed by atoms with Crippen molar-refractivity contribution < 1.29 is 9.26 Å². The Kier molecular flexibility index (Phi) is 6.47. The minimum absolute atomic E-state index is 0.392. The Morgan fingerprint density at radius 1 is 1.18 bits per heavy atom. The first-order chi connectivity index (χ1) is 13.5. The van der Waals surface area contributed by atoms with Gasteiger partial charge in [-0.05, 0) is 57.1 Å². The van der Waals surface area contributed by atoms with Gasteiger partial charge in [0.2, 0.25) is 0 Å². The van der Waals surface area contributed by atoms with Crippen LogP contribution in [0.2, 0.25) is 0 Å². The third-order valence-corrected chi connectivity index (χ3v) is 5.31. The van der Waals surface area contributed by atoms with Gasteiger partial charge in [0.1, 0.15) is 11.5 Å². The first-order valence-corrected chi connectivity index (χ1v) is 9.65. The molecule has 0 spiro atoms. The third-order valence-electron chi connectivity index (χ3n) is 5.31. The molecule has 0 aliphatic rings. The molecular weight excluding hydrogens is 350 g/mol. The Bertz CT molecular complexity index is 886. The van der Waals surface area contributed by atoms with E-state index in [-0.39, 0.29) is 0 Å². The van der Waals surface area contributed by atoms with Gasteiger partial charge in [-0.2, -0.15) is 0 Å². The number of nitrogens with zero attached hydrogens (tertiary/aromatic N) is 3. The SMILES string of the molecule is COc1ccc(CN(C)C(C)Cc2ccccn2)cc1Cc1c(C)noc1C. The molecule has 3 aromatic rings. The number of aromatic nitrogens is 2. The van der Waals surface area contributed by atoms with Crippen molar-refractivity contribution in [2.45, 2.75) is 46.2 Å². The van der Waals surface area contributed by atoms with Crippen molar-refractivity contribution in [1.29, 1.82) is 0 Å². The third kappa shape index (κ3) is 4.78. The summed E-state index contributed by atoms with van der Waals surface area (Å²) in [5.74, 6) is 1.76. The zero-order valence-electron chi connectivity index (χ0n) is 17.4.